The average Bonchev–Trinajstić information content (AvgIpc) is 2.63. The molecule has 0 heterocycles. The quantitative estimate of drug-likeness (QED) is 0.209. The van der Waals surface area contributed by atoms with Gasteiger partial charge in [0, 0.05) is 23.1 Å². The summed E-state index contributed by atoms with van der Waals surface area (Å²) in [6.45, 7) is 3.81. The first-order valence-electron chi connectivity index (χ1n) is 8.15. The van der Waals surface area contributed by atoms with E-state index in [4.69, 9.17) is 16.3 Å². The molecule has 29 heavy (non-hydrogen) atoms. The summed E-state index contributed by atoms with van der Waals surface area (Å²) in [7, 11) is -5.75. The van der Waals surface area contributed by atoms with Gasteiger partial charge >= 0.3 is 15.6 Å². The number of alkyl halides is 3. The summed E-state index contributed by atoms with van der Waals surface area (Å²) in [4.78, 5) is 0. The van der Waals surface area contributed by atoms with Crippen molar-refractivity contribution in [3.05, 3.63) is 64.7 Å². The third-order valence-corrected chi connectivity index (χ3v) is 4.61. The van der Waals surface area contributed by atoms with E-state index in [1.165, 1.54) is 12.1 Å². The van der Waals surface area contributed by atoms with Crippen LogP contribution in [0.5, 0.6) is 5.75 Å². The zero-order valence-electron chi connectivity index (χ0n) is 15.3. The molecule has 0 N–H and O–H groups in total. The van der Waals surface area contributed by atoms with Gasteiger partial charge in [-0.2, -0.15) is 21.6 Å². The molecule has 2 rings (SSSR count). The molecule has 0 aromatic heterocycles. The maximum absolute atomic E-state index is 12.4. The molecule has 156 valence electrons. The fraction of sp³-hybridized carbons (Fsp3) is 0.222. The zero-order chi connectivity index (χ0) is 21.7. The Labute approximate surface area is 170 Å². The highest BCUT2D eigenvalue weighted by molar-refractivity contribution is 7.88. The van der Waals surface area contributed by atoms with Gasteiger partial charge < -0.3 is 8.92 Å². The van der Waals surface area contributed by atoms with Crippen molar-refractivity contribution in [3.8, 4) is 5.75 Å². The van der Waals surface area contributed by atoms with Crippen LogP contribution in [0.1, 0.15) is 25.0 Å². The number of ether oxygens (including phenoxy) is 1. The number of halogens is 4. The summed E-state index contributed by atoms with van der Waals surface area (Å²) < 4.78 is 68.9. The molecule has 0 radical (unpaired) electrons. The van der Waals surface area contributed by atoms with Crippen molar-refractivity contribution >= 4 is 33.3 Å². The Morgan fingerprint density at radius 3 is 2.00 bits per heavy atom. The summed E-state index contributed by atoms with van der Waals surface area (Å²) in [5.74, 6) is -0.175. The van der Waals surface area contributed by atoms with Crippen molar-refractivity contribution in [2.45, 2.75) is 19.4 Å². The van der Waals surface area contributed by atoms with Gasteiger partial charge in [-0.1, -0.05) is 23.7 Å². The molecule has 0 aliphatic rings. The van der Waals surface area contributed by atoms with Crippen LogP contribution < -0.4 is 4.18 Å². The Bertz CT molecular complexity index is 1000. The minimum absolute atomic E-state index is 0.315. The SMILES string of the molecule is CCOC(C)=NN=C(c1ccc(Cl)cc1)c1ccc(OS(=O)(=O)C(F)(F)F)cc1. The van der Waals surface area contributed by atoms with E-state index in [-0.39, 0.29) is 0 Å². The van der Waals surface area contributed by atoms with Crippen LogP contribution in [-0.4, -0.2) is 32.1 Å². The smallest absolute Gasteiger partial charge is 0.480 e. The van der Waals surface area contributed by atoms with Crippen molar-refractivity contribution in [2.75, 3.05) is 6.61 Å². The Balaban J connectivity index is 2.40. The molecular formula is C18H16ClF3N2O4S. The number of benzene rings is 2. The van der Waals surface area contributed by atoms with E-state index >= 15 is 0 Å². The lowest BCUT2D eigenvalue weighted by atomic mass is 10.0. The van der Waals surface area contributed by atoms with Crippen molar-refractivity contribution < 1.29 is 30.5 Å². The highest BCUT2D eigenvalue weighted by atomic mass is 35.5. The first-order chi connectivity index (χ1) is 13.5. The van der Waals surface area contributed by atoms with Crippen molar-refractivity contribution in [1.82, 2.24) is 0 Å². The molecule has 0 aliphatic heterocycles. The highest BCUT2D eigenvalue weighted by Crippen LogP contribution is 2.27. The summed E-state index contributed by atoms with van der Waals surface area (Å²) >= 11 is 5.90. The molecule has 2 aromatic rings. The third kappa shape index (κ3) is 6.20. The standard InChI is InChI=1S/C18H16ClF3N2O4S/c1-3-27-12(2)23-24-17(13-4-8-15(19)9-5-13)14-6-10-16(11-7-14)28-29(25,26)18(20,21)22/h4-11H,3H2,1-2H3. The van der Waals surface area contributed by atoms with Crippen LogP contribution in [-0.2, 0) is 14.9 Å². The average molecular weight is 449 g/mol. The first-order valence-corrected chi connectivity index (χ1v) is 9.94. The molecule has 0 spiro atoms. The predicted molar refractivity (Wildman–Crippen MR) is 104 cm³/mol. The molecule has 0 atom stereocenters. The second kappa shape index (κ2) is 9.27. The largest absolute Gasteiger partial charge is 0.534 e. The number of nitrogens with zero attached hydrogens (tertiary/aromatic N) is 2. The van der Waals surface area contributed by atoms with Gasteiger partial charge in [-0.3, -0.25) is 0 Å². The lowest BCUT2D eigenvalue weighted by molar-refractivity contribution is -0.0500. The minimum atomic E-state index is -5.75. The van der Waals surface area contributed by atoms with Crippen LogP contribution in [0.15, 0.2) is 58.7 Å². The maximum Gasteiger partial charge on any atom is 0.534 e. The number of hydrogen-bond donors (Lipinski definition) is 0. The minimum Gasteiger partial charge on any atom is -0.480 e. The summed E-state index contributed by atoms with van der Waals surface area (Å²) in [6, 6.07) is 11.5. The molecule has 11 heteroatoms. The Morgan fingerprint density at radius 2 is 1.52 bits per heavy atom. The second-order valence-electron chi connectivity index (χ2n) is 5.52. The first kappa shape index (κ1) is 22.7. The fourth-order valence-corrected chi connectivity index (χ4v) is 2.68. The number of rotatable bonds is 6. The summed E-state index contributed by atoms with van der Waals surface area (Å²) in [6.07, 6.45) is 0. The summed E-state index contributed by atoms with van der Waals surface area (Å²) in [5.41, 5.74) is -4.07. The predicted octanol–water partition coefficient (Wildman–Crippen LogP) is 4.78. The second-order valence-corrected chi connectivity index (χ2v) is 7.49. The molecule has 2 aromatic carbocycles. The van der Waals surface area contributed by atoms with Gasteiger partial charge in [-0.05, 0) is 43.3 Å². The van der Waals surface area contributed by atoms with Crippen LogP contribution in [0, 0.1) is 0 Å². The third-order valence-electron chi connectivity index (χ3n) is 3.38. The Kier molecular flexibility index (Phi) is 7.26. The lowest BCUT2D eigenvalue weighted by Crippen LogP contribution is -2.28. The van der Waals surface area contributed by atoms with Gasteiger partial charge in [0.2, 0.25) is 5.90 Å². The van der Waals surface area contributed by atoms with E-state index in [0.717, 1.165) is 12.1 Å². The van der Waals surface area contributed by atoms with Gasteiger partial charge in [0.15, 0.2) is 0 Å². The van der Waals surface area contributed by atoms with Gasteiger partial charge in [0.1, 0.15) is 11.5 Å². The van der Waals surface area contributed by atoms with Crippen LogP contribution >= 0.6 is 11.6 Å². The van der Waals surface area contributed by atoms with Gasteiger partial charge in [0.05, 0.1) is 6.61 Å². The Morgan fingerprint density at radius 1 is 1.00 bits per heavy atom. The van der Waals surface area contributed by atoms with Crippen molar-refractivity contribution in [3.63, 3.8) is 0 Å². The monoisotopic (exact) mass is 448 g/mol. The van der Waals surface area contributed by atoms with E-state index in [2.05, 4.69) is 14.4 Å². The van der Waals surface area contributed by atoms with Gasteiger partial charge in [-0.15, -0.1) is 10.2 Å². The van der Waals surface area contributed by atoms with Crippen molar-refractivity contribution in [1.29, 1.82) is 0 Å². The van der Waals surface area contributed by atoms with Crippen LogP contribution in [0.3, 0.4) is 0 Å². The molecular weight excluding hydrogens is 433 g/mol. The van der Waals surface area contributed by atoms with E-state index in [1.54, 1.807) is 38.1 Å². The van der Waals surface area contributed by atoms with Crippen LogP contribution in [0.25, 0.3) is 0 Å². The van der Waals surface area contributed by atoms with Crippen LogP contribution in [0.2, 0.25) is 5.02 Å². The molecule has 0 saturated heterocycles. The lowest BCUT2D eigenvalue weighted by Gasteiger charge is -2.10. The molecule has 0 fully saturated rings. The van der Waals surface area contributed by atoms with E-state index in [0.29, 0.717) is 34.4 Å². The van der Waals surface area contributed by atoms with E-state index in [9.17, 15) is 21.6 Å². The van der Waals surface area contributed by atoms with Crippen molar-refractivity contribution in [2.24, 2.45) is 10.2 Å². The summed E-state index contributed by atoms with van der Waals surface area (Å²) in [5, 5.41) is 8.63. The molecule has 0 unspecified atom stereocenters. The topological polar surface area (TPSA) is 77.3 Å². The van der Waals surface area contributed by atoms with Gasteiger partial charge in [0.25, 0.3) is 0 Å². The number of hydrogen-bond acceptors (Lipinski definition) is 6. The normalized spacial score (nSPS) is 13.3. The molecule has 0 amide bonds. The molecule has 0 aliphatic carbocycles. The van der Waals surface area contributed by atoms with Gasteiger partial charge in [-0.25, -0.2) is 0 Å². The molecule has 6 nitrogen and oxygen atoms in total. The highest BCUT2D eigenvalue weighted by Gasteiger charge is 2.48. The zero-order valence-corrected chi connectivity index (χ0v) is 16.8. The maximum atomic E-state index is 12.4. The van der Waals surface area contributed by atoms with E-state index in [1.807, 2.05) is 0 Å². The van der Waals surface area contributed by atoms with E-state index < -0.39 is 21.4 Å². The van der Waals surface area contributed by atoms with Crippen LogP contribution in [0.4, 0.5) is 13.2 Å². The molecule has 0 bridgehead atoms. The molecule has 0 saturated carbocycles. The fourth-order valence-electron chi connectivity index (χ4n) is 2.09. The Hall–Kier alpha value is -2.59.